The summed E-state index contributed by atoms with van der Waals surface area (Å²) in [5.74, 6) is 0.369. The summed E-state index contributed by atoms with van der Waals surface area (Å²) < 4.78 is 32.5. The molecule has 3 aromatic carbocycles. The van der Waals surface area contributed by atoms with Gasteiger partial charge >= 0.3 is 6.09 Å². The molecule has 0 saturated heterocycles. The minimum Gasteiger partial charge on any atom is -0.410 e. The molecule has 0 radical (unpaired) electrons. The third-order valence-electron chi connectivity index (χ3n) is 4.61. The van der Waals surface area contributed by atoms with Crippen molar-refractivity contribution >= 4 is 27.5 Å². The van der Waals surface area contributed by atoms with Gasteiger partial charge < -0.3 is 4.74 Å². The van der Waals surface area contributed by atoms with E-state index in [1.54, 1.807) is 43.4 Å². The molecule has 3 aromatic rings. The van der Waals surface area contributed by atoms with E-state index in [9.17, 15) is 23.3 Å². The molecule has 0 unspecified atom stereocenters. The zero-order valence-electron chi connectivity index (χ0n) is 17.2. The summed E-state index contributed by atoms with van der Waals surface area (Å²) in [6.45, 7) is 0.134. The van der Waals surface area contributed by atoms with Crippen LogP contribution in [0, 0.1) is 10.1 Å². The van der Waals surface area contributed by atoms with Gasteiger partial charge in [0.1, 0.15) is 5.75 Å². The standard InChI is InChI=1S/C22H21N3O6S/c1-24(18-5-3-2-4-6-18)22(26)31-20-11-7-17(8-12-20)15-16-23-32(29,30)21-13-9-19(10-14-21)25(27)28/h2-14,23H,15-16H2,1H3. The minimum absolute atomic E-state index is 0.0482. The Morgan fingerprint density at radius 1 is 1.00 bits per heavy atom. The van der Waals surface area contributed by atoms with Crippen molar-refractivity contribution in [1.82, 2.24) is 4.72 Å². The molecule has 0 aliphatic heterocycles. The number of hydrogen-bond donors (Lipinski definition) is 1. The second-order valence-electron chi connectivity index (χ2n) is 6.81. The molecule has 1 amide bonds. The molecule has 3 rings (SSSR count). The monoisotopic (exact) mass is 455 g/mol. The molecule has 0 saturated carbocycles. The van der Waals surface area contributed by atoms with Crippen molar-refractivity contribution in [2.45, 2.75) is 11.3 Å². The highest BCUT2D eigenvalue weighted by Gasteiger charge is 2.16. The van der Waals surface area contributed by atoms with Gasteiger partial charge in [0.2, 0.25) is 10.0 Å². The molecule has 32 heavy (non-hydrogen) atoms. The number of sulfonamides is 1. The maximum atomic E-state index is 12.3. The van der Waals surface area contributed by atoms with Crippen molar-refractivity contribution in [3.8, 4) is 5.75 Å². The summed E-state index contributed by atoms with van der Waals surface area (Å²) in [7, 11) is -2.17. The first-order valence-corrected chi connectivity index (χ1v) is 11.1. The normalized spacial score (nSPS) is 11.0. The van der Waals surface area contributed by atoms with Gasteiger partial charge in [0, 0.05) is 31.4 Å². The summed E-state index contributed by atoms with van der Waals surface area (Å²) in [6.07, 6.45) is -0.121. The average molecular weight is 455 g/mol. The van der Waals surface area contributed by atoms with Crippen LogP contribution in [0.15, 0.2) is 83.8 Å². The number of nitrogens with one attached hydrogen (secondary N) is 1. The molecule has 0 atom stereocenters. The molecular formula is C22H21N3O6S. The summed E-state index contributed by atoms with van der Waals surface area (Å²) in [4.78, 5) is 23.7. The number of nitro groups is 1. The Kier molecular flexibility index (Phi) is 7.18. The van der Waals surface area contributed by atoms with Crippen LogP contribution in [0.4, 0.5) is 16.2 Å². The van der Waals surface area contributed by atoms with Crippen LogP contribution in [0.3, 0.4) is 0 Å². The number of anilines is 1. The number of carbonyl (C=O) groups is 1. The van der Waals surface area contributed by atoms with E-state index >= 15 is 0 Å². The first kappa shape index (κ1) is 22.9. The van der Waals surface area contributed by atoms with Gasteiger partial charge in [-0.3, -0.25) is 15.0 Å². The predicted molar refractivity (Wildman–Crippen MR) is 119 cm³/mol. The van der Waals surface area contributed by atoms with E-state index in [1.165, 1.54) is 17.0 Å². The van der Waals surface area contributed by atoms with Gasteiger partial charge in [-0.1, -0.05) is 30.3 Å². The molecule has 10 heteroatoms. The van der Waals surface area contributed by atoms with Crippen molar-refractivity contribution < 1.29 is 22.9 Å². The zero-order chi connectivity index (χ0) is 23.1. The van der Waals surface area contributed by atoms with Crippen molar-refractivity contribution in [2.24, 2.45) is 0 Å². The number of amides is 1. The van der Waals surface area contributed by atoms with E-state index in [-0.39, 0.29) is 17.1 Å². The number of hydrogen-bond acceptors (Lipinski definition) is 6. The fourth-order valence-electron chi connectivity index (χ4n) is 2.81. The van der Waals surface area contributed by atoms with Crippen molar-refractivity contribution in [3.05, 3.63) is 94.5 Å². The van der Waals surface area contributed by atoms with E-state index in [0.717, 1.165) is 17.7 Å². The summed E-state index contributed by atoms with van der Waals surface area (Å²) in [5.41, 5.74) is 1.36. The molecule has 0 aliphatic carbocycles. The SMILES string of the molecule is CN(C(=O)Oc1ccc(CCNS(=O)(=O)c2ccc([N+](=O)[O-])cc2)cc1)c1ccccc1. The van der Waals surface area contributed by atoms with Gasteiger partial charge in [-0.25, -0.2) is 17.9 Å². The number of carbonyl (C=O) groups excluding carboxylic acids is 1. The molecule has 0 aromatic heterocycles. The van der Waals surface area contributed by atoms with E-state index in [2.05, 4.69) is 4.72 Å². The second kappa shape index (κ2) is 10.0. The molecule has 9 nitrogen and oxygen atoms in total. The summed E-state index contributed by atoms with van der Waals surface area (Å²) >= 11 is 0. The number of ether oxygens (including phenoxy) is 1. The maximum absolute atomic E-state index is 12.3. The highest BCUT2D eigenvalue weighted by Crippen LogP contribution is 2.18. The Morgan fingerprint density at radius 3 is 2.22 bits per heavy atom. The number of nitro benzene ring substituents is 1. The van der Waals surface area contributed by atoms with Crippen LogP contribution >= 0.6 is 0 Å². The highest BCUT2D eigenvalue weighted by atomic mass is 32.2. The fraction of sp³-hybridized carbons (Fsp3) is 0.136. The average Bonchev–Trinajstić information content (AvgIpc) is 2.80. The Balaban J connectivity index is 1.52. The topological polar surface area (TPSA) is 119 Å². The largest absolute Gasteiger partial charge is 0.419 e. The molecule has 1 N–H and O–H groups in total. The molecule has 0 heterocycles. The van der Waals surface area contributed by atoms with Crippen molar-refractivity contribution in [1.29, 1.82) is 0 Å². The van der Waals surface area contributed by atoms with E-state index < -0.39 is 21.0 Å². The fourth-order valence-corrected chi connectivity index (χ4v) is 3.84. The highest BCUT2D eigenvalue weighted by molar-refractivity contribution is 7.89. The molecule has 0 fully saturated rings. The van der Waals surface area contributed by atoms with Crippen LogP contribution in [-0.2, 0) is 16.4 Å². The minimum atomic E-state index is -3.78. The summed E-state index contributed by atoms with van der Waals surface area (Å²) in [5, 5.41) is 10.7. The first-order chi connectivity index (χ1) is 15.3. The molecular weight excluding hydrogens is 434 g/mol. The number of para-hydroxylation sites is 1. The Labute approximate surface area is 185 Å². The van der Waals surface area contributed by atoms with Crippen LogP contribution in [0.5, 0.6) is 5.75 Å². The zero-order valence-corrected chi connectivity index (χ0v) is 18.0. The molecule has 0 aliphatic rings. The van der Waals surface area contributed by atoms with Gasteiger partial charge in [0.15, 0.2) is 0 Å². The Bertz CT molecular complexity index is 1180. The van der Waals surface area contributed by atoms with Gasteiger partial charge in [0.25, 0.3) is 5.69 Å². The number of rotatable bonds is 8. The third kappa shape index (κ3) is 5.90. The third-order valence-corrected chi connectivity index (χ3v) is 6.09. The molecule has 166 valence electrons. The van der Waals surface area contributed by atoms with Crippen LogP contribution in [0.25, 0.3) is 0 Å². The quantitative estimate of drug-likeness (QED) is 0.408. The Morgan fingerprint density at radius 2 is 1.62 bits per heavy atom. The predicted octanol–water partition coefficient (Wildman–Crippen LogP) is 3.75. The molecule has 0 spiro atoms. The van der Waals surface area contributed by atoms with Crippen LogP contribution in [0.2, 0.25) is 0 Å². The smallest absolute Gasteiger partial charge is 0.410 e. The van der Waals surface area contributed by atoms with Gasteiger partial charge in [-0.05, 0) is 48.4 Å². The molecule has 0 bridgehead atoms. The van der Waals surface area contributed by atoms with Gasteiger partial charge in [0.05, 0.1) is 9.82 Å². The van der Waals surface area contributed by atoms with E-state index in [0.29, 0.717) is 17.9 Å². The number of nitrogens with zero attached hydrogens (tertiary/aromatic N) is 2. The lowest BCUT2D eigenvalue weighted by molar-refractivity contribution is -0.384. The second-order valence-corrected chi connectivity index (χ2v) is 8.57. The number of non-ortho nitro benzene ring substituents is 1. The lowest BCUT2D eigenvalue weighted by Gasteiger charge is -2.16. The van der Waals surface area contributed by atoms with Crippen LogP contribution in [0.1, 0.15) is 5.56 Å². The van der Waals surface area contributed by atoms with Crippen LogP contribution in [-0.4, -0.2) is 33.0 Å². The number of benzene rings is 3. The van der Waals surface area contributed by atoms with Crippen molar-refractivity contribution in [2.75, 3.05) is 18.5 Å². The van der Waals surface area contributed by atoms with Crippen LogP contribution < -0.4 is 14.4 Å². The van der Waals surface area contributed by atoms with E-state index in [4.69, 9.17) is 4.74 Å². The lowest BCUT2D eigenvalue weighted by atomic mass is 10.1. The van der Waals surface area contributed by atoms with Gasteiger partial charge in [-0.2, -0.15) is 0 Å². The first-order valence-electron chi connectivity index (χ1n) is 9.60. The van der Waals surface area contributed by atoms with E-state index in [1.807, 2.05) is 18.2 Å². The Hall–Kier alpha value is -3.76. The van der Waals surface area contributed by atoms with Gasteiger partial charge in [-0.15, -0.1) is 0 Å². The summed E-state index contributed by atoms with van der Waals surface area (Å²) in [6, 6.07) is 20.5. The lowest BCUT2D eigenvalue weighted by Crippen LogP contribution is -2.29. The van der Waals surface area contributed by atoms with Crippen molar-refractivity contribution in [3.63, 3.8) is 0 Å². The maximum Gasteiger partial charge on any atom is 0.419 e.